The molecule has 0 heterocycles. The van der Waals surface area contributed by atoms with Gasteiger partial charge in [0.1, 0.15) is 5.69 Å². The first kappa shape index (κ1) is 16.0. The summed E-state index contributed by atoms with van der Waals surface area (Å²) in [6, 6.07) is 0.378. The Balaban J connectivity index is 3.35. The van der Waals surface area contributed by atoms with Gasteiger partial charge < -0.3 is 0 Å². The third-order valence-corrected chi connectivity index (χ3v) is 4.07. The molecule has 5 nitrogen and oxygen atoms in total. The number of alkyl halides is 2. The zero-order chi connectivity index (χ0) is 15.0. The predicted octanol–water partition coefficient (Wildman–Crippen LogP) is 1.86. The molecular formula is C7H4ClF4NO4S2. The maximum Gasteiger partial charge on any atom is 0.355 e. The molecule has 0 radical (unpaired) electrons. The van der Waals surface area contributed by atoms with E-state index in [1.807, 2.05) is 0 Å². The second kappa shape index (κ2) is 5.13. The second-order valence-corrected chi connectivity index (χ2v) is 7.32. The maximum atomic E-state index is 13.3. The van der Waals surface area contributed by atoms with Gasteiger partial charge >= 0.3 is 5.76 Å². The van der Waals surface area contributed by atoms with Crippen molar-refractivity contribution in [1.82, 2.24) is 0 Å². The monoisotopic (exact) mass is 341 g/mol. The Kier molecular flexibility index (Phi) is 4.32. The Morgan fingerprint density at radius 3 is 1.79 bits per heavy atom. The first-order valence-corrected chi connectivity index (χ1v) is 8.04. The van der Waals surface area contributed by atoms with Crippen LogP contribution in [0, 0.1) is 11.6 Å². The van der Waals surface area contributed by atoms with Crippen LogP contribution in [0.3, 0.4) is 0 Å². The van der Waals surface area contributed by atoms with Crippen LogP contribution in [0.4, 0.5) is 23.2 Å². The molecule has 19 heavy (non-hydrogen) atoms. The molecule has 0 aromatic heterocycles. The molecular weight excluding hydrogens is 338 g/mol. The van der Waals surface area contributed by atoms with Gasteiger partial charge in [0.25, 0.3) is 19.1 Å². The maximum absolute atomic E-state index is 13.3. The standard InChI is InChI=1S/C7H4ClF4NO4S2/c8-18(14,15)3-1-4(9)6(5(10)2-3)13-19(16,17)7(11)12/h1-2,7,13H. The van der Waals surface area contributed by atoms with E-state index in [1.54, 1.807) is 0 Å². The topological polar surface area (TPSA) is 80.3 Å². The van der Waals surface area contributed by atoms with E-state index >= 15 is 0 Å². The van der Waals surface area contributed by atoms with Crippen LogP contribution in [0.25, 0.3) is 0 Å². The molecule has 0 saturated heterocycles. The van der Waals surface area contributed by atoms with Gasteiger partial charge in [-0.15, -0.1) is 0 Å². The highest BCUT2D eigenvalue weighted by Gasteiger charge is 2.27. The van der Waals surface area contributed by atoms with Crippen molar-refractivity contribution in [1.29, 1.82) is 0 Å². The summed E-state index contributed by atoms with van der Waals surface area (Å²) < 4.78 is 94.7. The summed E-state index contributed by atoms with van der Waals surface area (Å²) in [6.45, 7) is 0. The van der Waals surface area contributed by atoms with Crippen molar-refractivity contribution in [2.75, 3.05) is 4.72 Å². The van der Waals surface area contributed by atoms with Crippen LogP contribution < -0.4 is 4.72 Å². The zero-order valence-electron chi connectivity index (χ0n) is 8.57. The molecule has 1 aromatic carbocycles. The molecule has 1 N–H and O–H groups in total. The van der Waals surface area contributed by atoms with Gasteiger partial charge in [0, 0.05) is 10.7 Å². The minimum atomic E-state index is -5.29. The molecule has 1 rings (SSSR count). The smallest absolute Gasteiger partial charge is 0.273 e. The van der Waals surface area contributed by atoms with Gasteiger partial charge in [0.05, 0.1) is 4.90 Å². The zero-order valence-corrected chi connectivity index (χ0v) is 11.0. The molecule has 0 spiro atoms. The molecule has 0 aliphatic rings. The van der Waals surface area contributed by atoms with Gasteiger partial charge in [0.15, 0.2) is 11.6 Å². The summed E-state index contributed by atoms with van der Waals surface area (Å²) >= 11 is 0. The molecule has 0 aliphatic carbocycles. The van der Waals surface area contributed by atoms with Gasteiger partial charge in [-0.3, -0.25) is 4.72 Å². The Bertz CT molecular complexity index is 681. The summed E-state index contributed by atoms with van der Waals surface area (Å²) in [5, 5.41) is 0. The lowest BCUT2D eigenvalue weighted by Crippen LogP contribution is -2.22. The fourth-order valence-electron chi connectivity index (χ4n) is 0.975. The fourth-order valence-corrected chi connectivity index (χ4v) is 2.30. The van der Waals surface area contributed by atoms with Gasteiger partial charge in [0.2, 0.25) is 0 Å². The van der Waals surface area contributed by atoms with Crippen LogP contribution in [0.1, 0.15) is 0 Å². The van der Waals surface area contributed by atoms with Crippen LogP contribution in [-0.4, -0.2) is 22.6 Å². The summed E-state index contributed by atoms with van der Waals surface area (Å²) in [7, 11) is -4.93. The number of halogens is 5. The van der Waals surface area contributed by atoms with Crippen molar-refractivity contribution in [2.24, 2.45) is 0 Å². The molecule has 0 saturated carbocycles. The van der Waals surface area contributed by atoms with Crippen molar-refractivity contribution in [3.05, 3.63) is 23.8 Å². The highest BCUT2D eigenvalue weighted by Crippen LogP contribution is 2.26. The highest BCUT2D eigenvalue weighted by molar-refractivity contribution is 8.13. The van der Waals surface area contributed by atoms with Gasteiger partial charge in [-0.05, 0) is 12.1 Å². The van der Waals surface area contributed by atoms with Crippen LogP contribution in [0.15, 0.2) is 17.0 Å². The number of nitrogens with one attached hydrogen (secondary N) is 1. The summed E-state index contributed by atoms with van der Waals surface area (Å²) in [5.41, 5.74) is -1.43. The molecule has 0 fully saturated rings. The fraction of sp³-hybridized carbons (Fsp3) is 0.143. The van der Waals surface area contributed by atoms with E-state index in [-0.39, 0.29) is 12.1 Å². The van der Waals surface area contributed by atoms with Crippen molar-refractivity contribution < 1.29 is 34.4 Å². The molecule has 0 amide bonds. The Morgan fingerprint density at radius 2 is 1.47 bits per heavy atom. The molecule has 108 valence electrons. The number of anilines is 1. The van der Waals surface area contributed by atoms with Crippen molar-refractivity contribution >= 4 is 35.4 Å². The lowest BCUT2D eigenvalue weighted by molar-refractivity contribution is 0.236. The molecule has 0 bridgehead atoms. The van der Waals surface area contributed by atoms with Crippen molar-refractivity contribution in [2.45, 2.75) is 10.7 Å². The Hall–Kier alpha value is -1.07. The summed E-state index contributed by atoms with van der Waals surface area (Å²) in [6.07, 6.45) is 0. The largest absolute Gasteiger partial charge is 0.355 e. The third-order valence-electron chi connectivity index (χ3n) is 1.78. The van der Waals surface area contributed by atoms with E-state index in [1.165, 1.54) is 0 Å². The highest BCUT2D eigenvalue weighted by atomic mass is 35.7. The number of hydrogen-bond donors (Lipinski definition) is 1. The first-order valence-electron chi connectivity index (χ1n) is 4.18. The lowest BCUT2D eigenvalue weighted by atomic mass is 10.3. The quantitative estimate of drug-likeness (QED) is 0.669. The molecule has 12 heteroatoms. The van der Waals surface area contributed by atoms with Crippen molar-refractivity contribution in [3.63, 3.8) is 0 Å². The number of hydrogen-bond acceptors (Lipinski definition) is 4. The molecule has 0 unspecified atom stereocenters. The summed E-state index contributed by atoms with van der Waals surface area (Å²) in [5.74, 6) is -7.32. The van der Waals surface area contributed by atoms with E-state index in [0.29, 0.717) is 0 Å². The molecule has 0 aliphatic heterocycles. The van der Waals surface area contributed by atoms with E-state index < -0.39 is 47.0 Å². The SMILES string of the molecule is O=S(=O)(Cl)c1cc(F)c(NS(=O)(=O)C(F)F)c(F)c1. The summed E-state index contributed by atoms with van der Waals surface area (Å²) in [4.78, 5) is -0.982. The lowest BCUT2D eigenvalue weighted by Gasteiger charge is -2.09. The predicted molar refractivity (Wildman–Crippen MR) is 57.9 cm³/mol. The van der Waals surface area contributed by atoms with Gasteiger partial charge in [-0.1, -0.05) is 0 Å². The number of sulfonamides is 1. The van der Waals surface area contributed by atoms with Crippen LogP contribution in [-0.2, 0) is 19.1 Å². The average molecular weight is 342 g/mol. The van der Waals surface area contributed by atoms with Gasteiger partial charge in [-0.2, -0.15) is 8.78 Å². The van der Waals surface area contributed by atoms with E-state index in [0.717, 1.165) is 4.72 Å². The molecule has 0 atom stereocenters. The first-order chi connectivity index (χ1) is 8.45. The Labute approximate surface area is 109 Å². The minimum absolute atomic E-state index is 0.189. The van der Waals surface area contributed by atoms with Crippen molar-refractivity contribution in [3.8, 4) is 0 Å². The average Bonchev–Trinajstić information content (AvgIpc) is 2.21. The van der Waals surface area contributed by atoms with E-state index in [2.05, 4.69) is 0 Å². The van der Waals surface area contributed by atoms with Crippen LogP contribution in [0.5, 0.6) is 0 Å². The van der Waals surface area contributed by atoms with Crippen LogP contribution in [0.2, 0.25) is 0 Å². The van der Waals surface area contributed by atoms with E-state index in [4.69, 9.17) is 10.7 Å². The third kappa shape index (κ3) is 3.70. The normalized spacial score (nSPS) is 12.7. The van der Waals surface area contributed by atoms with Gasteiger partial charge in [-0.25, -0.2) is 25.6 Å². The minimum Gasteiger partial charge on any atom is -0.273 e. The van der Waals surface area contributed by atoms with Crippen LogP contribution >= 0.6 is 10.7 Å². The second-order valence-electron chi connectivity index (χ2n) is 3.11. The Morgan fingerprint density at radius 1 is 1.05 bits per heavy atom. The number of benzene rings is 1. The molecule has 1 aromatic rings. The number of rotatable bonds is 4. The van der Waals surface area contributed by atoms with E-state index in [9.17, 15) is 34.4 Å².